The molecule has 2 heteroatoms. The van der Waals surface area contributed by atoms with Gasteiger partial charge in [-0.15, -0.1) is 0 Å². The summed E-state index contributed by atoms with van der Waals surface area (Å²) in [5, 5.41) is 9.66. The average molecular weight is 322 g/mol. The van der Waals surface area contributed by atoms with Gasteiger partial charge in [0.1, 0.15) is 0 Å². The van der Waals surface area contributed by atoms with Gasteiger partial charge in [-0.25, -0.2) is 4.79 Å². The molecule has 0 bridgehead atoms. The van der Waals surface area contributed by atoms with E-state index in [9.17, 15) is 9.90 Å². The zero-order valence-corrected chi connectivity index (χ0v) is 14.4. The summed E-state index contributed by atoms with van der Waals surface area (Å²) >= 11 is 0. The third kappa shape index (κ3) is 3.53. The van der Waals surface area contributed by atoms with E-state index in [4.69, 9.17) is 0 Å². The number of aromatic carboxylic acids is 1. The number of rotatable bonds is 5. The fourth-order valence-electron chi connectivity index (χ4n) is 4.19. The summed E-state index contributed by atoms with van der Waals surface area (Å²) < 4.78 is 0. The van der Waals surface area contributed by atoms with E-state index in [1.807, 2.05) is 36.4 Å². The Labute approximate surface area is 144 Å². The van der Waals surface area contributed by atoms with Gasteiger partial charge >= 0.3 is 5.97 Å². The van der Waals surface area contributed by atoms with E-state index >= 15 is 0 Å². The summed E-state index contributed by atoms with van der Waals surface area (Å²) in [7, 11) is 0. The maximum absolute atomic E-state index is 11.8. The Balaban J connectivity index is 1.97. The van der Waals surface area contributed by atoms with Crippen LogP contribution in [0.15, 0.2) is 48.5 Å². The smallest absolute Gasteiger partial charge is 0.336 e. The highest BCUT2D eigenvalue weighted by atomic mass is 16.4. The maximum atomic E-state index is 11.8. The number of hydrogen-bond donors (Lipinski definition) is 1. The van der Waals surface area contributed by atoms with E-state index in [-0.39, 0.29) is 0 Å². The van der Waals surface area contributed by atoms with E-state index in [0.717, 1.165) is 17.0 Å². The standard InChI is InChI=1S/C22H26O2/c1-2-7-16-12-14-17(15-13-16)19-10-6-11-20(22(23)24)21(19)18-8-4-3-5-9-18/h3-6,8-11,16-17H,2,7,12-15H2,1H3,(H,23,24). The summed E-state index contributed by atoms with van der Waals surface area (Å²) in [6.45, 7) is 2.26. The molecule has 2 aromatic rings. The molecule has 0 heterocycles. The molecule has 1 fully saturated rings. The van der Waals surface area contributed by atoms with Gasteiger partial charge in [0, 0.05) is 0 Å². The van der Waals surface area contributed by atoms with Crippen molar-refractivity contribution in [3.63, 3.8) is 0 Å². The Morgan fingerprint density at radius 3 is 2.33 bits per heavy atom. The van der Waals surface area contributed by atoms with Crippen LogP contribution in [0.25, 0.3) is 11.1 Å². The fraction of sp³-hybridized carbons (Fsp3) is 0.409. The number of benzene rings is 2. The van der Waals surface area contributed by atoms with Crippen molar-refractivity contribution in [3.8, 4) is 11.1 Å². The lowest BCUT2D eigenvalue weighted by Gasteiger charge is -2.30. The number of carboxylic acids is 1. The van der Waals surface area contributed by atoms with Gasteiger partial charge in [0.15, 0.2) is 0 Å². The second-order valence-corrected chi connectivity index (χ2v) is 6.95. The first-order chi connectivity index (χ1) is 11.7. The van der Waals surface area contributed by atoms with Crippen molar-refractivity contribution in [1.29, 1.82) is 0 Å². The van der Waals surface area contributed by atoms with Crippen LogP contribution in [0.3, 0.4) is 0 Å². The molecule has 0 saturated heterocycles. The predicted molar refractivity (Wildman–Crippen MR) is 98.4 cm³/mol. The van der Waals surface area contributed by atoms with E-state index < -0.39 is 5.97 Å². The Morgan fingerprint density at radius 2 is 1.71 bits per heavy atom. The lowest BCUT2D eigenvalue weighted by molar-refractivity contribution is 0.0697. The highest BCUT2D eigenvalue weighted by Gasteiger charge is 2.26. The Kier molecular flexibility index (Phi) is 5.34. The summed E-state index contributed by atoms with van der Waals surface area (Å²) in [6, 6.07) is 15.8. The second-order valence-electron chi connectivity index (χ2n) is 6.95. The molecule has 2 aromatic carbocycles. The van der Waals surface area contributed by atoms with Crippen molar-refractivity contribution in [3.05, 3.63) is 59.7 Å². The molecule has 0 amide bonds. The fourth-order valence-corrected chi connectivity index (χ4v) is 4.19. The first-order valence-electron chi connectivity index (χ1n) is 9.12. The van der Waals surface area contributed by atoms with Crippen molar-refractivity contribution in [2.75, 3.05) is 0 Å². The Morgan fingerprint density at radius 1 is 1.00 bits per heavy atom. The first-order valence-corrected chi connectivity index (χ1v) is 9.12. The second kappa shape index (κ2) is 7.65. The van der Waals surface area contributed by atoms with Crippen LogP contribution in [0.2, 0.25) is 0 Å². The minimum Gasteiger partial charge on any atom is -0.478 e. The first kappa shape index (κ1) is 16.8. The molecule has 0 radical (unpaired) electrons. The molecule has 0 aliphatic heterocycles. The molecule has 0 spiro atoms. The molecule has 3 rings (SSSR count). The molecule has 0 unspecified atom stereocenters. The highest BCUT2D eigenvalue weighted by Crippen LogP contribution is 2.42. The summed E-state index contributed by atoms with van der Waals surface area (Å²) in [4.78, 5) is 11.8. The highest BCUT2D eigenvalue weighted by molar-refractivity contribution is 5.97. The minimum atomic E-state index is -0.838. The molecule has 0 atom stereocenters. The molecular weight excluding hydrogens is 296 g/mol. The molecule has 1 aliphatic carbocycles. The third-order valence-corrected chi connectivity index (χ3v) is 5.37. The zero-order valence-electron chi connectivity index (χ0n) is 14.4. The van der Waals surface area contributed by atoms with Crippen molar-refractivity contribution in [2.24, 2.45) is 5.92 Å². The van der Waals surface area contributed by atoms with Crippen LogP contribution in [0, 0.1) is 5.92 Å². The van der Waals surface area contributed by atoms with Crippen LogP contribution in [-0.4, -0.2) is 11.1 Å². The summed E-state index contributed by atoms with van der Waals surface area (Å²) in [6.07, 6.45) is 7.47. The minimum absolute atomic E-state index is 0.425. The van der Waals surface area contributed by atoms with Crippen LogP contribution in [0.4, 0.5) is 0 Å². The normalized spacial score (nSPS) is 20.7. The number of carbonyl (C=O) groups is 1. The Hall–Kier alpha value is -2.09. The maximum Gasteiger partial charge on any atom is 0.336 e. The van der Waals surface area contributed by atoms with Crippen LogP contribution >= 0.6 is 0 Å². The lowest BCUT2D eigenvalue weighted by atomic mass is 9.75. The molecule has 0 aromatic heterocycles. The van der Waals surface area contributed by atoms with Crippen LogP contribution < -0.4 is 0 Å². The monoisotopic (exact) mass is 322 g/mol. The molecular formula is C22H26O2. The molecule has 126 valence electrons. The van der Waals surface area contributed by atoms with Crippen LogP contribution in [0.1, 0.15) is 67.3 Å². The van der Waals surface area contributed by atoms with Crippen molar-refractivity contribution in [1.82, 2.24) is 0 Å². The molecule has 1 saturated carbocycles. The van der Waals surface area contributed by atoms with E-state index in [0.29, 0.717) is 11.5 Å². The number of carboxylic acid groups (broad SMARTS) is 1. The van der Waals surface area contributed by atoms with Gasteiger partial charge in [0.25, 0.3) is 0 Å². The average Bonchev–Trinajstić information content (AvgIpc) is 2.63. The predicted octanol–water partition coefficient (Wildman–Crippen LogP) is 6.13. The third-order valence-electron chi connectivity index (χ3n) is 5.37. The number of hydrogen-bond acceptors (Lipinski definition) is 1. The lowest BCUT2D eigenvalue weighted by Crippen LogP contribution is -2.15. The van der Waals surface area contributed by atoms with Gasteiger partial charge in [-0.3, -0.25) is 0 Å². The zero-order chi connectivity index (χ0) is 16.9. The van der Waals surface area contributed by atoms with Crippen molar-refractivity contribution < 1.29 is 9.90 Å². The van der Waals surface area contributed by atoms with Crippen LogP contribution in [0.5, 0.6) is 0 Å². The topological polar surface area (TPSA) is 37.3 Å². The van der Waals surface area contributed by atoms with E-state index in [2.05, 4.69) is 13.0 Å². The molecule has 1 N–H and O–H groups in total. The summed E-state index contributed by atoms with van der Waals surface area (Å²) in [5.74, 6) is 0.497. The van der Waals surface area contributed by atoms with Gasteiger partial charge in [-0.1, -0.05) is 62.2 Å². The van der Waals surface area contributed by atoms with Crippen molar-refractivity contribution >= 4 is 5.97 Å². The van der Waals surface area contributed by atoms with E-state index in [1.54, 1.807) is 6.07 Å². The van der Waals surface area contributed by atoms with E-state index in [1.165, 1.54) is 44.1 Å². The van der Waals surface area contributed by atoms with Crippen LogP contribution in [-0.2, 0) is 0 Å². The van der Waals surface area contributed by atoms with Gasteiger partial charge in [0.05, 0.1) is 5.56 Å². The van der Waals surface area contributed by atoms with Gasteiger partial charge in [0.2, 0.25) is 0 Å². The molecule has 1 aliphatic rings. The van der Waals surface area contributed by atoms with Crippen molar-refractivity contribution in [2.45, 2.75) is 51.4 Å². The molecule has 2 nitrogen and oxygen atoms in total. The van der Waals surface area contributed by atoms with Gasteiger partial charge < -0.3 is 5.11 Å². The molecule has 24 heavy (non-hydrogen) atoms. The van der Waals surface area contributed by atoms with Gasteiger partial charge in [-0.05, 0) is 60.3 Å². The quantitative estimate of drug-likeness (QED) is 0.719. The largest absolute Gasteiger partial charge is 0.478 e. The summed E-state index contributed by atoms with van der Waals surface area (Å²) in [5.41, 5.74) is 3.58. The SMILES string of the molecule is CCCC1CCC(c2cccc(C(=O)O)c2-c2ccccc2)CC1. The van der Waals surface area contributed by atoms with Gasteiger partial charge in [-0.2, -0.15) is 0 Å². The Bertz CT molecular complexity index is 682.